The molecule has 5 rings (SSSR count). The molecule has 0 aliphatic carbocycles. The Hall–Kier alpha value is -3.13. The average molecular weight is 480 g/mol. The van der Waals surface area contributed by atoms with Gasteiger partial charge in [-0.15, -0.1) is 0 Å². The van der Waals surface area contributed by atoms with Crippen LogP contribution in [0.15, 0.2) is 78.9 Å². The van der Waals surface area contributed by atoms with E-state index in [1.165, 1.54) is 11.3 Å². The molecule has 3 aromatic carbocycles. The minimum atomic E-state index is -0.376. The molecule has 8 heteroatoms. The van der Waals surface area contributed by atoms with E-state index < -0.39 is 0 Å². The van der Waals surface area contributed by atoms with Gasteiger partial charge in [-0.05, 0) is 59.7 Å². The highest BCUT2D eigenvalue weighted by Crippen LogP contribution is 2.34. The largest absolute Gasteiger partial charge is 0.489 e. The van der Waals surface area contributed by atoms with Crippen molar-refractivity contribution < 1.29 is 9.53 Å². The van der Waals surface area contributed by atoms with Gasteiger partial charge < -0.3 is 15.4 Å². The van der Waals surface area contributed by atoms with Gasteiger partial charge in [0.1, 0.15) is 29.2 Å². The number of hydrogen-bond donors (Lipinski definition) is 2. The summed E-state index contributed by atoms with van der Waals surface area (Å²) < 4.78 is 8.39. The molecule has 0 spiro atoms. The summed E-state index contributed by atoms with van der Waals surface area (Å²) >= 11 is 12.8. The Morgan fingerprint density at radius 1 is 0.969 bits per heavy atom. The first-order chi connectivity index (χ1) is 15.6. The van der Waals surface area contributed by atoms with Gasteiger partial charge in [-0.3, -0.25) is 9.36 Å². The summed E-state index contributed by atoms with van der Waals surface area (Å²) in [4.78, 5) is 13.4. The molecule has 1 aliphatic heterocycles. The first kappa shape index (κ1) is 20.8. The van der Waals surface area contributed by atoms with E-state index in [-0.39, 0.29) is 12.1 Å². The third-order valence-corrected chi connectivity index (χ3v) is 6.74. The molecule has 1 aromatic heterocycles. The van der Waals surface area contributed by atoms with Crippen LogP contribution in [0.3, 0.4) is 0 Å². The number of carbonyl (C=O) groups is 1. The quantitative estimate of drug-likeness (QED) is 0.327. The van der Waals surface area contributed by atoms with Crippen molar-refractivity contribution in [3.63, 3.8) is 0 Å². The molecule has 0 saturated carbocycles. The Morgan fingerprint density at radius 3 is 2.41 bits per heavy atom. The van der Waals surface area contributed by atoms with E-state index in [9.17, 15) is 4.79 Å². The number of carbonyl (C=O) groups excluding carboxylic acids is 1. The van der Waals surface area contributed by atoms with Crippen LogP contribution in [-0.4, -0.2) is 10.5 Å². The minimum Gasteiger partial charge on any atom is -0.489 e. The van der Waals surface area contributed by atoms with E-state index in [1.54, 1.807) is 0 Å². The molecule has 32 heavy (non-hydrogen) atoms. The number of amides is 1. The molecule has 0 radical (unpaired) electrons. The number of fused-ring (bicyclic) bond motifs is 1. The zero-order valence-electron chi connectivity index (χ0n) is 16.7. The molecule has 5 nitrogen and oxygen atoms in total. The molecular weight excluding hydrogens is 462 g/mol. The summed E-state index contributed by atoms with van der Waals surface area (Å²) in [5, 5.41) is 7.15. The Balaban J connectivity index is 1.35. The van der Waals surface area contributed by atoms with Crippen LogP contribution in [0, 0.1) is 3.95 Å². The van der Waals surface area contributed by atoms with Crippen LogP contribution < -0.4 is 15.4 Å². The lowest BCUT2D eigenvalue weighted by atomic mass is 10.1. The van der Waals surface area contributed by atoms with Crippen molar-refractivity contribution in [2.75, 3.05) is 5.32 Å². The molecular formula is C24H18ClN3O2S2. The zero-order valence-corrected chi connectivity index (χ0v) is 19.1. The molecule has 1 amide bonds. The number of halogens is 1. The highest BCUT2D eigenvalue weighted by molar-refractivity contribution is 7.73. The number of benzene rings is 3. The van der Waals surface area contributed by atoms with Crippen molar-refractivity contribution >= 4 is 46.9 Å². The van der Waals surface area contributed by atoms with Crippen LogP contribution in [0.2, 0.25) is 5.02 Å². The molecule has 4 aromatic rings. The molecule has 2 heterocycles. The van der Waals surface area contributed by atoms with Gasteiger partial charge in [-0.1, -0.05) is 65.4 Å². The second kappa shape index (κ2) is 8.78. The normalized spacial score (nSPS) is 14.9. The fourth-order valence-electron chi connectivity index (χ4n) is 3.51. The molecule has 0 saturated heterocycles. The van der Waals surface area contributed by atoms with Crippen LogP contribution >= 0.6 is 35.2 Å². The van der Waals surface area contributed by atoms with E-state index in [0.29, 0.717) is 26.3 Å². The second-order valence-corrected chi connectivity index (χ2v) is 9.33. The number of nitrogens with one attached hydrogen (secondary N) is 2. The van der Waals surface area contributed by atoms with Crippen LogP contribution in [-0.2, 0) is 6.61 Å². The molecule has 0 fully saturated rings. The number of ether oxygens (including phenoxy) is 1. The topological polar surface area (TPSA) is 55.3 Å². The van der Waals surface area contributed by atoms with Crippen molar-refractivity contribution in [2.45, 2.75) is 12.8 Å². The highest BCUT2D eigenvalue weighted by Gasteiger charge is 2.29. The van der Waals surface area contributed by atoms with Gasteiger partial charge in [0.05, 0.1) is 0 Å². The molecule has 2 N–H and O–H groups in total. The van der Waals surface area contributed by atoms with E-state index in [1.807, 2.05) is 83.4 Å². The average Bonchev–Trinajstić information content (AvgIpc) is 3.16. The van der Waals surface area contributed by atoms with Crippen molar-refractivity contribution in [2.24, 2.45) is 0 Å². The summed E-state index contributed by atoms with van der Waals surface area (Å²) in [7, 11) is 0. The first-order valence-corrected chi connectivity index (χ1v) is 11.5. The Kier molecular flexibility index (Phi) is 5.70. The smallest absolute Gasteiger partial charge is 0.267 e. The van der Waals surface area contributed by atoms with Gasteiger partial charge >= 0.3 is 0 Å². The Labute approximate surface area is 199 Å². The monoisotopic (exact) mass is 479 g/mol. The number of rotatable bonds is 5. The highest BCUT2D eigenvalue weighted by atomic mass is 35.5. The van der Waals surface area contributed by atoms with Crippen LogP contribution in [0.25, 0.3) is 5.69 Å². The summed E-state index contributed by atoms with van der Waals surface area (Å²) in [6.45, 7) is 0.450. The maximum Gasteiger partial charge on any atom is 0.267 e. The SMILES string of the molecule is O=C1N[C@H](c2ccc(OCc3ccc(Cl)cc3)cc2)Nc2c1sc(=S)n2-c1ccccc1. The lowest BCUT2D eigenvalue weighted by Gasteiger charge is -2.27. The fourth-order valence-corrected chi connectivity index (χ4v) is 4.94. The predicted molar refractivity (Wildman–Crippen MR) is 131 cm³/mol. The Morgan fingerprint density at radius 2 is 1.69 bits per heavy atom. The van der Waals surface area contributed by atoms with Crippen LogP contribution in [0.1, 0.15) is 27.0 Å². The van der Waals surface area contributed by atoms with Crippen molar-refractivity contribution in [3.8, 4) is 11.4 Å². The van der Waals surface area contributed by atoms with E-state index >= 15 is 0 Å². The fraction of sp³-hybridized carbons (Fsp3) is 0.0833. The van der Waals surface area contributed by atoms with Crippen LogP contribution in [0.5, 0.6) is 5.75 Å². The number of anilines is 1. The lowest BCUT2D eigenvalue weighted by Crippen LogP contribution is -2.38. The zero-order chi connectivity index (χ0) is 22.1. The lowest BCUT2D eigenvalue weighted by molar-refractivity contribution is 0.0939. The number of aromatic nitrogens is 1. The predicted octanol–water partition coefficient (Wildman–Crippen LogP) is 6.35. The number of thiazole rings is 1. The minimum absolute atomic E-state index is 0.141. The van der Waals surface area contributed by atoms with Gasteiger partial charge in [-0.25, -0.2) is 0 Å². The summed E-state index contributed by atoms with van der Waals surface area (Å²) in [5.41, 5.74) is 2.87. The number of para-hydroxylation sites is 1. The van der Waals surface area contributed by atoms with Gasteiger partial charge in [0.15, 0.2) is 3.95 Å². The standard InChI is InChI=1S/C24H18ClN3O2S2/c25-17-10-6-15(7-11-17)14-30-19-12-8-16(9-13-19)21-26-22-20(23(29)27-21)32-24(31)28(22)18-4-2-1-3-5-18/h1-13,21,26H,14H2,(H,27,29)/t21-/m1/s1. The van der Waals surface area contributed by atoms with E-state index in [2.05, 4.69) is 10.6 Å². The van der Waals surface area contributed by atoms with Crippen LogP contribution in [0.4, 0.5) is 5.82 Å². The summed E-state index contributed by atoms with van der Waals surface area (Å²) in [5.74, 6) is 1.31. The molecule has 1 atom stereocenters. The van der Waals surface area contributed by atoms with Gasteiger partial charge in [0, 0.05) is 10.7 Å². The van der Waals surface area contributed by atoms with Gasteiger partial charge in [-0.2, -0.15) is 0 Å². The van der Waals surface area contributed by atoms with Gasteiger partial charge in [0.2, 0.25) is 0 Å². The second-order valence-electron chi connectivity index (χ2n) is 7.25. The summed E-state index contributed by atoms with van der Waals surface area (Å²) in [6, 6.07) is 25.0. The number of hydrogen-bond acceptors (Lipinski definition) is 5. The Bertz CT molecular complexity index is 1320. The van der Waals surface area contributed by atoms with Crippen molar-refractivity contribution in [3.05, 3.63) is 104 Å². The molecule has 0 bridgehead atoms. The first-order valence-electron chi connectivity index (χ1n) is 9.94. The molecule has 0 unspecified atom stereocenters. The van der Waals surface area contributed by atoms with Crippen molar-refractivity contribution in [1.29, 1.82) is 0 Å². The number of nitrogens with zero attached hydrogens (tertiary/aromatic N) is 1. The van der Waals surface area contributed by atoms with Crippen molar-refractivity contribution in [1.82, 2.24) is 9.88 Å². The third-order valence-electron chi connectivity index (χ3n) is 5.12. The third kappa shape index (κ3) is 4.14. The maximum absolute atomic E-state index is 12.8. The molecule has 1 aliphatic rings. The molecule has 160 valence electrons. The van der Waals surface area contributed by atoms with E-state index in [4.69, 9.17) is 28.6 Å². The summed E-state index contributed by atoms with van der Waals surface area (Å²) in [6.07, 6.45) is -0.376. The maximum atomic E-state index is 12.8. The van der Waals surface area contributed by atoms with E-state index in [0.717, 1.165) is 22.6 Å². The van der Waals surface area contributed by atoms with Gasteiger partial charge in [0.25, 0.3) is 5.91 Å².